The maximum absolute atomic E-state index is 13.5. The number of hydrogen-bond donors (Lipinski definition) is 1. The third kappa shape index (κ3) is 3.30. The van der Waals surface area contributed by atoms with E-state index in [1.54, 1.807) is 0 Å². The Morgan fingerprint density at radius 3 is 2.58 bits per heavy atom. The Labute approximate surface area is 118 Å². The summed E-state index contributed by atoms with van der Waals surface area (Å²) in [5.74, 6) is -0.653. The summed E-state index contributed by atoms with van der Waals surface area (Å²) >= 11 is 3.36. The van der Waals surface area contributed by atoms with Crippen LogP contribution in [0.5, 0.6) is 5.75 Å². The fourth-order valence-corrected chi connectivity index (χ4v) is 2.19. The van der Waals surface area contributed by atoms with Crippen molar-refractivity contribution in [2.45, 2.75) is 13.2 Å². The van der Waals surface area contributed by atoms with E-state index in [9.17, 15) is 8.78 Å². The van der Waals surface area contributed by atoms with Crippen molar-refractivity contribution < 1.29 is 13.5 Å². The van der Waals surface area contributed by atoms with Crippen LogP contribution < -0.4 is 10.5 Å². The van der Waals surface area contributed by atoms with Gasteiger partial charge < -0.3 is 10.5 Å². The summed E-state index contributed by atoms with van der Waals surface area (Å²) in [5, 5.41) is 0. The molecule has 2 aromatic rings. The molecular formula is C14H12BrF2NO. The molecule has 0 aliphatic heterocycles. The first-order chi connectivity index (χ1) is 9.11. The zero-order valence-corrected chi connectivity index (χ0v) is 11.6. The second-order valence-corrected chi connectivity index (χ2v) is 4.81. The number of nitrogens with two attached hydrogens (primary N) is 1. The summed E-state index contributed by atoms with van der Waals surface area (Å²) in [6.45, 7) is 0.336. The molecule has 100 valence electrons. The van der Waals surface area contributed by atoms with Crippen molar-refractivity contribution in [3.05, 3.63) is 63.6 Å². The van der Waals surface area contributed by atoms with Gasteiger partial charge in [0.05, 0.1) is 4.47 Å². The van der Waals surface area contributed by atoms with Crippen LogP contribution in [0, 0.1) is 11.6 Å². The van der Waals surface area contributed by atoms with Gasteiger partial charge in [-0.15, -0.1) is 0 Å². The molecule has 5 heteroatoms. The van der Waals surface area contributed by atoms with Crippen molar-refractivity contribution >= 4 is 15.9 Å². The molecule has 2 rings (SSSR count). The Balaban J connectivity index is 2.19. The van der Waals surface area contributed by atoms with Gasteiger partial charge in [0.25, 0.3) is 0 Å². The molecule has 0 unspecified atom stereocenters. The monoisotopic (exact) mass is 327 g/mol. The largest absolute Gasteiger partial charge is 0.487 e. The van der Waals surface area contributed by atoms with Gasteiger partial charge in [-0.25, -0.2) is 8.78 Å². The van der Waals surface area contributed by atoms with E-state index < -0.39 is 11.6 Å². The molecule has 2 aromatic carbocycles. The number of hydrogen-bond acceptors (Lipinski definition) is 2. The highest BCUT2D eigenvalue weighted by atomic mass is 79.9. The van der Waals surface area contributed by atoms with E-state index in [0.29, 0.717) is 17.9 Å². The molecule has 2 nitrogen and oxygen atoms in total. The average molecular weight is 328 g/mol. The first-order valence-electron chi connectivity index (χ1n) is 5.66. The number of ether oxygens (including phenoxy) is 1. The highest BCUT2D eigenvalue weighted by molar-refractivity contribution is 9.10. The van der Waals surface area contributed by atoms with Crippen molar-refractivity contribution in [2.24, 2.45) is 5.73 Å². The normalized spacial score (nSPS) is 10.5. The summed E-state index contributed by atoms with van der Waals surface area (Å²) in [6.07, 6.45) is 0. The number of para-hydroxylation sites is 1. The summed E-state index contributed by atoms with van der Waals surface area (Å²) < 4.78 is 32.6. The minimum absolute atomic E-state index is 0.0156. The fraction of sp³-hybridized carbons (Fsp3) is 0.143. The Kier molecular flexibility index (Phi) is 4.50. The number of benzene rings is 2. The molecule has 0 spiro atoms. The van der Waals surface area contributed by atoms with Gasteiger partial charge in [0, 0.05) is 23.7 Å². The first kappa shape index (κ1) is 14.0. The Bertz CT molecular complexity index is 590. The molecule has 0 amide bonds. The molecule has 0 heterocycles. The van der Waals surface area contributed by atoms with Crippen molar-refractivity contribution in [3.8, 4) is 5.75 Å². The van der Waals surface area contributed by atoms with Crippen molar-refractivity contribution in [1.82, 2.24) is 0 Å². The van der Waals surface area contributed by atoms with Crippen LogP contribution in [0.3, 0.4) is 0 Å². The summed E-state index contributed by atoms with van der Waals surface area (Å²) in [6, 6.07) is 8.89. The van der Waals surface area contributed by atoms with E-state index >= 15 is 0 Å². The van der Waals surface area contributed by atoms with E-state index in [4.69, 9.17) is 10.5 Å². The van der Waals surface area contributed by atoms with Gasteiger partial charge >= 0.3 is 0 Å². The van der Waals surface area contributed by atoms with Crippen LogP contribution in [0.15, 0.2) is 40.9 Å². The predicted octanol–water partition coefficient (Wildman–Crippen LogP) is 3.77. The Hall–Kier alpha value is -1.46. The van der Waals surface area contributed by atoms with E-state index in [0.717, 1.165) is 16.1 Å². The zero-order valence-electron chi connectivity index (χ0n) is 10.00. The van der Waals surface area contributed by atoms with Crippen LogP contribution >= 0.6 is 15.9 Å². The van der Waals surface area contributed by atoms with E-state index in [1.807, 2.05) is 18.2 Å². The van der Waals surface area contributed by atoms with Crippen LogP contribution in [0.4, 0.5) is 8.78 Å². The van der Waals surface area contributed by atoms with Crippen LogP contribution in [0.1, 0.15) is 11.1 Å². The third-order valence-electron chi connectivity index (χ3n) is 2.66. The summed E-state index contributed by atoms with van der Waals surface area (Å²) in [4.78, 5) is 0. The summed E-state index contributed by atoms with van der Waals surface area (Å²) in [7, 11) is 0. The second kappa shape index (κ2) is 6.12. The second-order valence-electron chi connectivity index (χ2n) is 3.96. The smallest absolute Gasteiger partial charge is 0.138 e. The lowest BCUT2D eigenvalue weighted by atomic mass is 10.2. The average Bonchev–Trinajstić information content (AvgIpc) is 2.39. The lowest BCUT2D eigenvalue weighted by molar-refractivity contribution is 0.294. The van der Waals surface area contributed by atoms with Crippen LogP contribution in [0.2, 0.25) is 0 Å². The van der Waals surface area contributed by atoms with E-state index in [-0.39, 0.29) is 6.61 Å². The van der Waals surface area contributed by atoms with Crippen molar-refractivity contribution in [3.63, 3.8) is 0 Å². The zero-order chi connectivity index (χ0) is 13.8. The van der Waals surface area contributed by atoms with Crippen LogP contribution in [0.25, 0.3) is 0 Å². The molecule has 0 saturated carbocycles. The topological polar surface area (TPSA) is 35.2 Å². The number of halogens is 3. The van der Waals surface area contributed by atoms with Crippen molar-refractivity contribution in [2.75, 3.05) is 0 Å². The molecule has 0 aromatic heterocycles. The van der Waals surface area contributed by atoms with Crippen LogP contribution in [-0.2, 0) is 13.2 Å². The standard InChI is InChI=1S/C14H12BrF2NO/c15-12-3-1-2-9(7-18)14(12)19-8-10-4-5-11(16)6-13(10)17/h1-6H,7-8,18H2. The van der Waals surface area contributed by atoms with Gasteiger partial charge in [-0.05, 0) is 34.1 Å². The van der Waals surface area contributed by atoms with Gasteiger partial charge in [-0.3, -0.25) is 0 Å². The first-order valence-corrected chi connectivity index (χ1v) is 6.45. The number of rotatable bonds is 4. The maximum atomic E-state index is 13.5. The maximum Gasteiger partial charge on any atom is 0.138 e. The molecule has 0 aliphatic carbocycles. The quantitative estimate of drug-likeness (QED) is 0.927. The molecule has 0 bridgehead atoms. The molecule has 0 saturated heterocycles. The minimum Gasteiger partial charge on any atom is -0.487 e. The minimum atomic E-state index is -0.624. The molecule has 0 fully saturated rings. The predicted molar refractivity (Wildman–Crippen MR) is 72.7 cm³/mol. The van der Waals surface area contributed by atoms with Gasteiger partial charge in [0.1, 0.15) is 24.0 Å². The fourth-order valence-electron chi connectivity index (χ4n) is 1.66. The molecular weight excluding hydrogens is 316 g/mol. The third-order valence-corrected chi connectivity index (χ3v) is 3.28. The molecule has 19 heavy (non-hydrogen) atoms. The highest BCUT2D eigenvalue weighted by Gasteiger charge is 2.09. The van der Waals surface area contributed by atoms with Gasteiger partial charge in [-0.2, -0.15) is 0 Å². The van der Waals surface area contributed by atoms with E-state index in [2.05, 4.69) is 15.9 Å². The summed E-state index contributed by atoms with van der Waals surface area (Å²) in [5.41, 5.74) is 6.72. The molecule has 0 atom stereocenters. The van der Waals surface area contributed by atoms with Gasteiger partial charge in [-0.1, -0.05) is 12.1 Å². The molecule has 0 aliphatic rings. The van der Waals surface area contributed by atoms with Crippen LogP contribution in [-0.4, -0.2) is 0 Å². The SMILES string of the molecule is NCc1cccc(Br)c1OCc1ccc(F)cc1F. The lowest BCUT2D eigenvalue weighted by Gasteiger charge is -2.12. The van der Waals surface area contributed by atoms with Crippen molar-refractivity contribution in [1.29, 1.82) is 0 Å². The molecule has 0 radical (unpaired) electrons. The Morgan fingerprint density at radius 2 is 1.89 bits per heavy atom. The lowest BCUT2D eigenvalue weighted by Crippen LogP contribution is -2.04. The Morgan fingerprint density at radius 1 is 1.11 bits per heavy atom. The van der Waals surface area contributed by atoms with Gasteiger partial charge in [0.15, 0.2) is 0 Å². The molecule has 2 N–H and O–H groups in total. The highest BCUT2D eigenvalue weighted by Crippen LogP contribution is 2.29. The van der Waals surface area contributed by atoms with E-state index in [1.165, 1.54) is 12.1 Å². The van der Waals surface area contributed by atoms with Gasteiger partial charge in [0.2, 0.25) is 0 Å².